The van der Waals surface area contributed by atoms with Crippen molar-refractivity contribution in [3.05, 3.63) is 109 Å². The van der Waals surface area contributed by atoms with Crippen LogP contribution in [0.25, 0.3) is 0 Å². The molecule has 0 radical (unpaired) electrons. The van der Waals surface area contributed by atoms with Crippen molar-refractivity contribution < 1.29 is 39.8 Å². The minimum atomic E-state index is -1.57. The van der Waals surface area contributed by atoms with Gasteiger partial charge in [0, 0.05) is 6.42 Å². The van der Waals surface area contributed by atoms with Crippen molar-refractivity contribution in [3.63, 3.8) is 0 Å². The van der Waals surface area contributed by atoms with Crippen molar-refractivity contribution >= 4 is 5.91 Å². The van der Waals surface area contributed by atoms with Gasteiger partial charge in [-0.25, -0.2) is 0 Å². The van der Waals surface area contributed by atoms with Gasteiger partial charge in [0.1, 0.15) is 24.4 Å². The summed E-state index contributed by atoms with van der Waals surface area (Å²) in [6.07, 6.45) is 89.0. The van der Waals surface area contributed by atoms with Crippen LogP contribution >= 0.6 is 0 Å². The monoisotopic (exact) mass is 1200 g/mol. The lowest BCUT2D eigenvalue weighted by molar-refractivity contribution is -0.302. The summed E-state index contributed by atoms with van der Waals surface area (Å²) in [5.41, 5.74) is 0. The van der Waals surface area contributed by atoms with Gasteiger partial charge in [0.15, 0.2) is 6.29 Å². The molecular formula is C77H135NO8. The Morgan fingerprint density at radius 2 is 0.721 bits per heavy atom. The van der Waals surface area contributed by atoms with Crippen LogP contribution in [0.2, 0.25) is 0 Å². The fourth-order valence-corrected chi connectivity index (χ4v) is 11.0. The number of aliphatic hydroxyl groups excluding tert-OH is 5. The highest BCUT2D eigenvalue weighted by atomic mass is 16.7. The molecule has 6 N–H and O–H groups in total. The number of rotatable bonds is 62. The third-order valence-electron chi connectivity index (χ3n) is 16.6. The third kappa shape index (κ3) is 52.8. The number of unbranched alkanes of at least 4 members (excludes halogenated alkanes) is 36. The van der Waals surface area contributed by atoms with Gasteiger partial charge in [0.05, 0.1) is 25.4 Å². The first-order chi connectivity index (χ1) is 42.3. The van der Waals surface area contributed by atoms with Gasteiger partial charge in [-0.15, -0.1) is 0 Å². The first-order valence-corrected chi connectivity index (χ1v) is 36.1. The number of ether oxygens (including phenoxy) is 2. The number of aliphatic hydroxyl groups is 5. The molecule has 1 amide bonds. The second-order valence-electron chi connectivity index (χ2n) is 24.7. The molecule has 1 saturated heterocycles. The zero-order valence-electron chi connectivity index (χ0n) is 55.5. The number of amides is 1. The molecule has 1 fully saturated rings. The highest BCUT2D eigenvalue weighted by Crippen LogP contribution is 2.23. The molecule has 9 heteroatoms. The maximum Gasteiger partial charge on any atom is 0.220 e. The van der Waals surface area contributed by atoms with Crippen LogP contribution in [0.5, 0.6) is 0 Å². The fourth-order valence-electron chi connectivity index (χ4n) is 11.0. The van der Waals surface area contributed by atoms with Crippen LogP contribution in [0, 0.1) is 0 Å². The SMILES string of the molecule is CC/C=C\C/C=C\C/C=C\C/C=C\C/C=C\C/C=C\C/C=C\C/C=C\CCCCCCCCCCCCC(=O)NC(COC1OC(CO)C(O)C(O)C1O)C(O)/C=C/CCCCCCCCCCCCCCCCCCCCCCCCCCCC. The summed E-state index contributed by atoms with van der Waals surface area (Å²) in [4.78, 5) is 13.1. The first kappa shape index (κ1) is 80.9. The third-order valence-corrected chi connectivity index (χ3v) is 16.6. The van der Waals surface area contributed by atoms with Crippen LogP contribution in [0.15, 0.2) is 109 Å². The smallest absolute Gasteiger partial charge is 0.220 e. The number of hydrogen-bond acceptors (Lipinski definition) is 8. The van der Waals surface area contributed by atoms with E-state index in [0.29, 0.717) is 6.42 Å². The Morgan fingerprint density at radius 3 is 1.07 bits per heavy atom. The van der Waals surface area contributed by atoms with Crippen LogP contribution in [-0.4, -0.2) is 87.5 Å². The molecule has 7 atom stereocenters. The highest BCUT2D eigenvalue weighted by Gasteiger charge is 2.44. The standard InChI is InChI=1S/C77H135NO8/c1-3-5-7-9-11-13-15-17-19-21-23-25-27-29-31-33-34-35-36-37-38-39-41-43-45-47-49-51-53-55-57-59-61-63-65-67-73(81)78-70(69-85-77-76(84)75(83)74(82)72(68-79)86-77)71(80)66-64-62-60-58-56-54-52-50-48-46-44-42-40-32-30-28-26-24-22-20-18-16-14-12-10-8-6-4-2/h5,7,11,13,17,19,23,25,29,31,34-35,37-38,41,43,64,66,70-72,74-77,79-80,82-84H,3-4,6,8-10,12,14-16,18,20-22,24,26-28,30,32-33,36,39-40,42,44-63,65,67-69H2,1-2H3,(H,78,81)/b7-5-,13-11-,19-17-,25-23-,31-29-,35-34-,38-37-,43-41-,66-64+. The lowest BCUT2D eigenvalue weighted by Crippen LogP contribution is -2.60. The van der Waals surface area contributed by atoms with Crippen LogP contribution < -0.4 is 5.32 Å². The van der Waals surface area contributed by atoms with E-state index in [1.807, 2.05) is 6.08 Å². The normalized spacial score (nSPS) is 18.7. The van der Waals surface area contributed by atoms with Crippen molar-refractivity contribution in [2.75, 3.05) is 13.2 Å². The maximum atomic E-state index is 13.1. The molecule has 0 aliphatic carbocycles. The van der Waals surface area contributed by atoms with E-state index >= 15 is 0 Å². The Hall–Kier alpha value is -3.15. The summed E-state index contributed by atoms with van der Waals surface area (Å²) in [5.74, 6) is -0.182. The van der Waals surface area contributed by atoms with Gasteiger partial charge in [-0.3, -0.25) is 4.79 Å². The van der Waals surface area contributed by atoms with Crippen LogP contribution in [0.4, 0.5) is 0 Å². The Labute approximate surface area is 529 Å². The van der Waals surface area contributed by atoms with Crippen LogP contribution in [-0.2, 0) is 14.3 Å². The Morgan fingerprint density at radius 1 is 0.407 bits per heavy atom. The van der Waals surface area contributed by atoms with Gasteiger partial charge in [-0.2, -0.15) is 0 Å². The summed E-state index contributed by atoms with van der Waals surface area (Å²) < 4.78 is 11.3. The van der Waals surface area contributed by atoms with Gasteiger partial charge in [-0.05, 0) is 83.5 Å². The minimum Gasteiger partial charge on any atom is -0.394 e. The van der Waals surface area contributed by atoms with Crippen molar-refractivity contribution in [2.24, 2.45) is 0 Å². The zero-order chi connectivity index (χ0) is 62.1. The highest BCUT2D eigenvalue weighted by molar-refractivity contribution is 5.76. The van der Waals surface area contributed by atoms with Crippen LogP contribution in [0.1, 0.15) is 316 Å². The van der Waals surface area contributed by atoms with E-state index < -0.39 is 49.5 Å². The lowest BCUT2D eigenvalue weighted by atomic mass is 9.99. The Kier molecular flexibility index (Phi) is 61.0. The molecule has 496 valence electrons. The Bertz CT molecular complexity index is 1730. The van der Waals surface area contributed by atoms with Crippen molar-refractivity contribution in [3.8, 4) is 0 Å². The average molecular weight is 1200 g/mol. The summed E-state index contributed by atoms with van der Waals surface area (Å²) in [5, 5.41) is 54.8. The van der Waals surface area contributed by atoms with E-state index in [9.17, 15) is 30.3 Å². The molecule has 0 saturated carbocycles. The number of nitrogens with one attached hydrogen (secondary N) is 1. The predicted molar refractivity (Wildman–Crippen MR) is 368 cm³/mol. The van der Waals surface area contributed by atoms with E-state index in [4.69, 9.17) is 9.47 Å². The van der Waals surface area contributed by atoms with E-state index in [-0.39, 0.29) is 12.5 Å². The molecule has 0 aromatic heterocycles. The van der Waals surface area contributed by atoms with E-state index in [1.54, 1.807) is 6.08 Å². The van der Waals surface area contributed by atoms with Crippen molar-refractivity contribution in [2.45, 2.75) is 358 Å². The fraction of sp³-hybridized carbons (Fsp3) is 0.753. The molecule has 1 rings (SSSR count). The molecule has 1 aliphatic rings. The minimum absolute atomic E-state index is 0.182. The molecular weight excluding hydrogens is 1070 g/mol. The molecule has 0 bridgehead atoms. The molecule has 0 aromatic carbocycles. The van der Waals surface area contributed by atoms with Gasteiger partial charge in [-0.1, -0.05) is 335 Å². The van der Waals surface area contributed by atoms with E-state index in [1.165, 1.54) is 193 Å². The maximum absolute atomic E-state index is 13.1. The second kappa shape index (κ2) is 64.8. The summed E-state index contributed by atoms with van der Waals surface area (Å²) in [6, 6.07) is -0.816. The molecule has 0 spiro atoms. The zero-order valence-corrected chi connectivity index (χ0v) is 55.5. The molecule has 7 unspecified atom stereocenters. The van der Waals surface area contributed by atoms with Gasteiger partial charge >= 0.3 is 0 Å². The van der Waals surface area contributed by atoms with Gasteiger partial charge < -0.3 is 40.3 Å². The van der Waals surface area contributed by atoms with E-state index in [2.05, 4.69) is 116 Å². The largest absolute Gasteiger partial charge is 0.394 e. The second-order valence-corrected chi connectivity index (χ2v) is 24.7. The molecule has 1 heterocycles. The van der Waals surface area contributed by atoms with Crippen LogP contribution in [0.3, 0.4) is 0 Å². The van der Waals surface area contributed by atoms with E-state index in [0.717, 1.165) is 103 Å². The quantitative estimate of drug-likeness (QED) is 0.0261. The molecule has 9 nitrogen and oxygen atoms in total. The average Bonchev–Trinajstić information content (AvgIpc) is 3.65. The molecule has 0 aromatic rings. The summed E-state index contributed by atoms with van der Waals surface area (Å²) in [7, 11) is 0. The predicted octanol–water partition coefficient (Wildman–Crippen LogP) is 20.0. The topological polar surface area (TPSA) is 149 Å². The van der Waals surface area contributed by atoms with Gasteiger partial charge in [0.25, 0.3) is 0 Å². The molecule has 86 heavy (non-hydrogen) atoms. The van der Waals surface area contributed by atoms with Crippen molar-refractivity contribution in [1.29, 1.82) is 0 Å². The number of carbonyl (C=O) groups is 1. The lowest BCUT2D eigenvalue weighted by Gasteiger charge is -2.40. The number of allylic oxidation sites excluding steroid dienone is 17. The Balaban J connectivity index is 2.15. The summed E-state index contributed by atoms with van der Waals surface area (Å²) >= 11 is 0. The number of hydrogen-bond donors (Lipinski definition) is 6. The van der Waals surface area contributed by atoms with Crippen molar-refractivity contribution in [1.82, 2.24) is 5.32 Å². The first-order valence-electron chi connectivity index (χ1n) is 36.1. The summed E-state index contributed by atoms with van der Waals surface area (Å²) in [6.45, 7) is 3.69. The number of carbonyl (C=O) groups excluding carboxylic acids is 1. The van der Waals surface area contributed by atoms with Gasteiger partial charge in [0.2, 0.25) is 5.91 Å². The molecule has 1 aliphatic heterocycles.